The van der Waals surface area contributed by atoms with Gasteiger partial charge in [-0.15, -0.1) is 0 Å². The van der Waals surface area contributed by atoms with Crippen molar-refractivity contribution in [3.8, 4) is 5.75 Å². The van der Waals surface area contributed by atoms with Crippen molar-refractivity contribution < 1.29 is 13.9 Å². The van der Waals surface area contributed by atoms with Gasteiger partial charge in [-0.05, 0) is 56.7 Å². The van der Waals surface area contributed by atoms with Gasteiger partial charge in [0.05, 0.1) is 19.3 Å². The van der Waals surface area contributed by atoms with Gasteiger partial charge in [0.2, 0.25) is 0 Å². The predicted octanol–water partition coefficient (Wildman–Crippen LogP) is 2.37. The van der Waals surface area contributed by atoms with Crippen molar-refractivity contribution in [2.45, 2.75) is 32.0 Å². The first-order chi connectivity index (χ1) is 13.4. The summed E-state index contributed by atoms with van der Waals surface area (Å²) >= 11 is 0. The zero-order chi connectivity index (χ0) is 20.1. The highest BCUT2D eigenvalue weighted by Gasteiger charge is 2.22. The van der Waals surface area contributed by atoms with Gasteiger partial charge in [0.25, 0.3) is 0 Å². The average Bonchev–Trinajstić information content (AvgIpc) is 3.08. The minimum atomic E-state index is -0.437. The Labute approximate surface area is 165 Å². The SMILES string of the molecule is COc1ccc(CN(Cc2ccn(C)n2)C(=O)NC2CCN(C)CC2)cc1F. The van der Waals surface area contributed by atoms with Crippen molar-refractivity contribution in [2.75, 3.05) is 27.2 Å². The molecule has 2 aromatic rings. The lowest BCUT2D eigenvalue weighted by atomic mass is 10.1. The number of hydrogen-bond acceptors (Lipinski definition) is 4. The first kappa shape index (κ1) is 20.1. The lowest BCUT2D eigenvalue weighted by Crippen LogP contribution is -2.48. The highest BCUT2D eigenvalue weighted by Crippen LogP contribution is 2.19. The van der Waals surface area contributed by atoms with Gasteiger partial charge in [-0.25, -0.2) is 9.18 Å². The van der Waals surface area contributed by atoms with E-state index in [1.54, 1.807) is 21.7 Å². The van der Waals surface area contributed by atoms with Gasteiger partial charge < -0.3 is 19.9 Å². The van der Waals surface area contributed by atoms with Crippen molar-refractivity contribution in [3.05, 3.63) is 47.5 Å². The van der Waals surface area contributed by atoms with Crippen LogP contribution in [0.25, 0.3) is 0 Å². The maximum absolute atomic E-state index is 14.1. The Kier molecular flexibility index (Phi) is 6.51. The molecule has 1 N–H and O–H groups in total. The molecular weight excluding hydrogens is 361 g/mol. The van der Waals surface area contributed by atoms with Crippen molar-refractivity contribution in [1.82, 2.24) is 24.9 Å². The third-order valence-corrected chi connectivity index (χ3v) is 5.04. The molecule has 1 aromatic carbocycles. The highest BCUT2D eigenvalue weighted by atomic mass is 19.1. The quantitative estimate of drug-likeness (QED) is 0.824. The molecule has 0 bridgehead atoms. The van der Waals surface area contributed by atoms with Gasteiger partial charge in [-0.3, -0.25) is 4.68 Å². The van der Waals surface area contributed by atoms with E-state index in [1.165, 1.54) is 13.2 Å². The Hall–Kier alpha value is -2.61. The summed E-state index contributed by atoms with van der Waals surface area (Å²) in [5.74, 6) is -0.246. The highest BCUT2D eigenvalue weighted by molar-refractivity contribution is 5.74. The largest absolute Gasteiger partial charge is 0.494 e. The van der Waals surface area contributed by atoms with Crippen molar-refractivity contribution in [2.24, 2.45) is 7.05 Å². The number of rotatable bonds is 6. The molecule has 2 amide bonds. The van der Waals surface area contributed by atoms with Gasteiger partial charge in [0.1, 0.15) is 0 Å². The van der Waals surface area contributed by atoms with Gasteiger partial charge in [-0.2, -0.15) is 5.10 Å². The standard InChI is InChI=1S/C20H28FN5O2/c1-24-9-6-16(7-10-24)22-20(27)26(14-17-8-11-25(2)23-17)13-15-4-5-19(28-3)18(21)12-15/h4-5,8,11-12,16H,6-7,9-10,13-14H2,1-3H3,(H,22,27). The van der Waals surface area contributed by atoms with E-state index in [2.05, 4.69) is 22.4 Å². The van der Waals surface area contributed by atoms with Crippen LogP contribution in [0.2, 0.25) is 0 Å². The van der Waals surface area contributed by atoms with Crippen molar-refractivity contribution in [1.29, 1.82) is 0 Å². The van der Waals surface area contributed by atoms with E-state index in [-0.39, 0.29) is 24.4 Å². The number of halogens is 1. The molecule has 152 valence electrons. The van der Waals surface area contributed by atoms with Crippen molar-refractivity contribution >= 4 is 6.03 Å². The molecule has 0 radical (unpaired) electrons. The Balaban J connectivity index is 1.72. The van der Waals surface area contributed by atoms with Crippen LogP contribution in [0.1, 0.15) is 24.1 Å². The molecular formula is C20H28FN5O2. The number of hydrogen-bond donors (Lipinski definition) is 1. The molecule has 0 saturated carbocycles. The fourth-order valence-corrected chi connectivity index (χ4v) is 3.39. The van der Waals surface area contributed by atoms with E-state index >= 15 is 0 Å². The summed E-state index contributed by atoms with van der Waals surface area (Å²) in [4.78, 5) is 16.9. The van der Waals surface area contributed by atoms with E-state index in [0.29, 0.717) is 12.1 Å². The minimum absolute atomic E-state index is 0.155. The molecule has 28 heavy (non-hydrogen) atoms. The minimum Gasteiger partial charge on any atom is -0.494 e. The third kappa shape index (κ3) is 5.22. The second kappa shape index (κ2) is 9.05. The third-order valence-electron chi connectivity index (χ3n) is 5.04. The van der Waals surface area contributed by atoms with Crippen LogP contribution < -0.4 is 10.1 Å². The number of methoxy groups -OCH3 is 1. The molecule has 1 aliphatic heterocycles. The molecule has 1 aromatic heterocycles. The molecule has 1 saturated heterocycles. The maximum atomic E-state index is 14.1. The molecule has 1 aliphatic rings. The topological polar surface area (TPSA) is 62.6 Å². The van der Waals surface area contributed by atoms with Gasteiger partial charge >= 0.3 is 6.03 Å². The number of nitrogens with one attached hydrogen (secondary N) is 1. The number of amides is 2. The van der Waals surface area contributed by atoms with Crippen LogP contribution in [-0.4, -0.2) is 58.9 Å². The maximum Gasteiger partial charge on any atom is 0.318 e. The number of ether oxygens (including phenoxy) is 1. The monoisotopic (exact) mass is 389 g/mol. The number of piperidine rings is 1. The van der Waals surface area contributed by atoms with Crippen LogP contribution in [0.4, 0.5) is 9.18 Å². The van der Waals surface area contributed by atoms with E-state index in [9.17, 15) is 9.18 Å². The second-order valence-electron chi connectivity index (χ2n) is 7.33. The molecule has 0 atom stereocenters. The van der Waals surface area contributed by atoms with Crippen LogP contribution >= 0.6 is 0 Å². The number of likely N-dealkylation sites (tertiary alicyclic amines) is 1. The zero-order valence-electron chi connectivity index (χ0n) is 16.7. The first-order valence-electron chi connectivity index (χ1n) is 9.49. The summed E-state index contributed by atoms with van der Waals surface area (Å²) in [6, 6.07) is 6.64. The van der Waals surface area contributed by atoms with Crippen LogP contribution in [0.15, 0.2) is 30.5 Å². The van der Waals surface area contributed by atoms with E-state index in [1.807, 2.05) is 19.3 Å². The molecule has 2 heterocycles. The normalized spacial score (nSPS) is 15.4. The number of aromatic nitrogens is 2. The summed E-state index contributed by atoms with van der Waals surface area (Å²) in [7, 11) is 5.36. The zero-order valence-corrected chi connectivity index (χ0v) is 16.7. The van der Waals surface area contributed by atoms with Gasteiger partial charge in [0.15, 0.2) is 11.6 Å². The van der Waals surface area contributed by atoms with E-state index in [4.69, 9.17) is 4.74 Å². The fraction of sp³-hybridized carbons (Fsp3) is 0.500. The molecule has 1 fully saturated rings. The molecule has 0 unspecified atom stereocenters. The number of nitrogens with zero attached hydrogens (tertiary/aromatic N) is 4. The van der Waals surface area contributed by atoms with E-state index < -0.39 is 5.82 Å². The summed E-state index contributed by atoms with van der Waals surface area (Å²) in [5, 5.41) is 7.50. The Morgan fingerprint density at radius 1 is 1.29 bits per heavy atom. The van der Waals surface area contributed by atoms with Crippen LogP contribution in [-0.2, 0) is 20.1 Å². The molecule has 0 aliphatic carbocycles. The molecule has 7 nitrogen and oxygen atoms in total. The van der Waals surface area contributed by atoms with Crippen LogP contribution in [0, 0.1) is 5.82 Å². The number of aryl methyl sites for hydroxylation is 1. The number of carbonyl (C=O) groups excluding carboxylic acids is 1. The Morgan fingerprint density at radius 3 is 2.64 bits per heavy atom. The molecule has 3 rings (SSSR count). The smallest absolute Gasteiger partial charge is 0.318 e. The Morgan fingerprint density at radius 2 is 2.04 bits per heavy atom. The lowest BCUT2D eigenvalue weighted by Gasteiger charge is -2.31. The van der Waals surface area contributed by atoms with Gasteiger partial charge in [-0.1, -0.05) is 6.07 Å². The number of carbonyl (C=O) groups is 1. The summed E-state index contributed by atoms with van der Waals surface area (Å²) < 4.78 is 20.8. The lowest BCUT2D eigenvalue weighted by molar-refractivity contribution is 0.175. The molecule has 8 heteroatoms. The number of urea groups is 1. The average molecular weight is 389 g/mol. The summed E-state index contributed by atoms with van der Waals surface area (Å²) in [5.41, 5.74) is 1.49. The molecule has 0 spiro atoms. The Bertz CT molecular complexity index is 802. The van der Waals surface area contributed by atoms with Crippen molar-refractivity contribution in [3.63, 3.8) is 0 Å². The predicted molar refractivity (Wildman–Crippen MR) is 104 cm³/mol. The first-order valence-corrected chi connectivity index (χ1v) is 9.49. The van der Waals surface area contributed by atoms with E-state index in [0.717, 1.165) is 31.6 Å². The van der Waals surface area contributed by atoms with Crippen LogP contribution in [0.3, 0.4) is 0 Å². The van der Waals surface area contributed by atoms with Gasteiger partial charge in [0, 0.05) is 25.8 Å². The van der Waals surface area contributed by atoms with Crippen LogP contribution in [0.5, 0.6) is 5.75 Å². The summed E-state index contributed by atoms with van der Waals surface area (Å²) in [6.07, 6.45) is 3.70. The number of benzene rings is 1. The fourth-order valence-electron chi connectivity index (χ4n) is 3.39. The summed E-state index contributed by atoms with van der Waals surface area (Å²) in [6.45, 7) is 2.58. The second-order valence-corrected chi connectivity index (χ2v) is 7.33.